The van der Waals surface area contributed by atoms with Crippen LogP contribution in [-0.2, 0) is 5.41 Å². The van der Waals surface area contributed by atoms with Crippen molar-refractivity contribution in [3.05, 3.63) is 29.3 Å². The van der Waals surface area contributed by atoms with Gasteiger partial charge in [-0.3, -0.25) is 0 Å². The zero-order valence-electron chi connectivity index (χ0n) is 10.1. The molecule has 1 aliphatic carbocycles. The number of hydrogen-bond acceptors (Lipinski definition) is 1. The lowest BCUT2D eigenvalue weighted by molar-refractivity contribution is 0.412. The normalized spacial score (nSPS) is 16.5. The standard InChI is InChI=1S/C14H20O/c1-14(2,3)12-7-11(10-5-6-10)8-13(9-12)15-4/h7-10H,5-6H2,1-4H3. The summed E-state index contributed by atoms with van der Waals surface area (Å²) in [4.78, 5) is 0. The van der Waals surface area contributed by atoms with E-state index in [1.54, 1.807) is 7.11 Å². The molecular formula is C14H20O. The molecule has 0 aliphatic heterocycles. The van der Waals surface area contributed by atoms with Gasteiger partial charge < -0.3 is 4.74 Å². The fraction of sp³-hybridized carbons (Fsp3) is 0.571. The predicted molar refractivity (Wildman–Crippen MR) is 63.7 cm³/mol. The number of benzene rings is 1. The third-order valence-corrected chi connectivity index (χ3v) is 3.08. The van der Waals surface area contributed by atoms with Gasteiger partial charge in [0.25, 0.3) is 0 Å². The zero-order chi connectivity index (χ0) is 11.1. The van der Waals surface area contributed by atoms with Crippen molar-refractivity contribution in [2.75, 3.05) is 7.11 Å². The molecule has 0 radical (unpaired) electrons. The molecule has 15 heavy (non-hydrogen) atoms. The first-order valence-corrected chi connectivity index (χ1v) is 5.70. The van der Waals surface area contributed by atoms with Crippen molar-refractivity contribution in [2.24, 2.45) is 0 Å². The van der Waals surface area contributed by atoms with Gasteiger partial charge in [0.2, 0.25) is 0 Å². The maximum absolute atomic E-state index is 5.37. The van der Waals surface area contributed by atoms with E-state index in [2.05, 4.69) is 39.0 Å². The molecule has 0 bridgehead atoms. The van der Waals surface area contributed by atoms with Crippen LogP contribution < -0.4 is 4.74 Å². The average Bonchev–Trinajstić information content (AvgIpc) is 2.99. The molecule has 0 heterocycles. The van der Waals surface area contributed by atoms with Crippen LogP contribution in [0.2, 0.25) is 0 Å². The van der Waals surface area contributed by atoms with Crippen molar-refractivity contribution in [3.8, 4) is 5.75 Å². The van der Waals surface area contributed by atoms with Crippen molar-refractivity contribution in [2.45, 2.75) is 44.9 Å². The van der Waals surface area contributed by atoms with Crippen molar-refractivity contribution < 1.29 is 4.74 Å². The van der Waals surface area contributed by atoms with Gasteiger partial charge in [0.1, 0.15) is 5.75 Å². The minimum atomic E-state index is 0.207. The van der Waals surface area contributed by atoms with E-state index in [1.807, 2.05) is 0 Å². The second-order valence-electron chi connectivity index (χ2n) is 5.52. The number of ether oxygens (including phenoxy) is 1. The Hall–Kier alpha value is -0.980. The van der Waals surface area contributed by atoms with Gasteiger partial charge in [0, 0.05) is 0 Å². The highest BCUT2D eigenvalue weighted by molar-refractivity contribution is 5.40. The molecule has 0 aromatic heterocycles. The van der Waals surface area contributed by atoms with Crippen LogP contribution in [0.1, 0.15) is 50.7 Å². The summed E-state index contributed by atoms with van der Waals surface area (Å²) in [6.45, 7) is 6.75. The second kappa shape index (κ2) is 3.55. The van der Waals surface area contributed by atoms with E-state index in [0.717, 1.165) is 11.7 Å². The van der Waals surface area contributed by atoms with E-state index in [4.69, 9.17) is 4.74 Å². The van der Waals surface area contributed by atoms with Crippen LogP contribution in [-0.4, -0.2) is 7.11 Å². The third-order valence-electron chi connectivity index (χ3n) is 3.08. The average molecular weight is 204 g/mol. The zero-order valence-corrected chi connectivity index (χ0v) is 10.1. The van der Waals surface area contributed by atoms with E-state index >= 15 is 0 Å². The summed E-state index contributed by atoms with van der Waals surface area (Å²) in [6.07, 6.45) is 2.69. The largest absolute Gasteiger partial charge is 0.497 e. The first kappa shape index (κ1) is 10.5. The second-order valence-corrected chi connectivity index (χ2v) is 5.52. The molecule has 0 spiro atoms. The third kappa shape index (κ3) is 2.34. The fourth-order valence-corrected chi connectivity index (χ4v) is 1.83. The molecule has 1 saturated carbocycles. The highest BCUT2D eigenvalue weighted by Crippen LogP contribution is 2.42. The van der Waals surface area contributed by atoms with E-state index in [1.165, 1.54) is 24.0 Å². The molecule has 0 unspecified atom stereocenters. The SMILES string of the molecule is COc1cc(C2CC2)cc(C(C)(C)C)c1. The summed E-state index contributed by atoms with van der Waals surface area (Å²) < 4.78 is 5.37. The Morgan fingerprint density at radius 2 is 1.80 bits per heavy atom. The molecule has 1 nitrogen and oxygen atoms in total. The van der Waals surface area contributed by atoms with Crippen LogP contribution in [0, 0.1) is 0 Å². The number of rotatable bonds is 2. The Labute approximate surface area is 92.5 Å². The minimum absolute atomic E-state index is 0.207. The molecule has 1 fully saturated rings. The summed E-state index contributed by atoms with van der Waals surface area (Å²) in [7, 11) is 1.75. The van der Waals surface area contributed by atoms with E-state index in [9.17, 15) is 0 Å². The van der Waals surface area contributed by atoms with Gasteiger partial charge in [0.15, 0.2) is 0 Å². The van der Waals surface area contributed by atoms with Crippen molar-refractivity contribution in [3.63, 3.8) is 0 Å². The Morgan fingerprint density at radius 3 is 2.27 bits per heavy atom. The summed E-state index contributed by atoms with van der Waals surface area (Å²) in [5.41, 5.74) is 3.04. The van der Waals surface area contributed by atoms with Gasteiger partial charge in [0.05, 0.1) is 7.11 Å². The topological polar surface area (TPSA) is 9.23 Å². The molecular weight excluding hydrogens is 184 g/mol. The smallest absolute Gasteiger partial charge is 0.119 e. The molecule has 82 valence electrons. The van der Waals surface area contributed by atoms with Crippen LogP contribution in [0.3, 0.4) is 0 Å². The maximum atomic E-state index is 5.37. The number of hydrogen-bond donors (Lipinski definition) is 0. The molecule has 1 heteroatoms. The lowest BCUT2D eigenvalue weighted by Gasteiger charge is -2.21. The quantitative estimate of drug-likeness (QED) is 0.710. The molecule has 1 aliphatic rings. The Balaban J connectivity index is 2.41. The van der Waals surface area contributed by atoms with Gasteiger partial charge >= 0.3 is 0 Å². The van der Waals surface area contributed by atoms with Crippen LogP contribution in [0.15, 0.2) is 18.2 Å². The van der Waals surface area contributed by atoms with Crippen LogP contribution >= 0.6 is 0 Å². The lowest BCUT2D eigenvalue weighted by Crippen LogP contribution is -2.11. The lowest BCUT2D eigenvalue weighted by atomic mass is 9.85. The molecule has 0 amide bonds. The van der Waals surface area contributed by atoms with Crippen LogP contribution in [0.5, 0.6) is 5.75 Å². The van der Waals surface area contributed by atoms with Crippen LogP contribution in [0.4, 0.5) is 0 Å². The van der Waals surface area contributed by atoms with Crippen LogP contribution in [0.25, 0.3) is 0 Å². The summed E-state index contributed by atoms with van der Waals surface area (Å²) in [5.74, 6) is 1.80. The van der Waals surface area contributed by atoms with E-state index < -0.39 is 0 Å². The summed E-state index contributed by atoms with van der Waals surface area (Å²) in [5, 5.41) is 0. The van der Waals surface area contributed by atoms with Crippen molar-refractivity contribution in [1.29, 1.82) is 0 Å². The molecule has 0 saturated heterocycles. The summed E-state index contributed by atoms with van der Waals surface area (Å²) >= 11 is 0. The summed E-state index contributed by atoms with van der Waals surface area (Å²) in [6, 6.07) is 6.69. The first-order valence-electron chi connectivity index (χ1n) is 5.70. The fourth-order valence-electron chi connectivity index (χ4n) is 1.83. The Kier molecular flexibility index (Phi) is 2.49. The molecule has 1 aromatic carbocycles. The molecule has 1 aromatic rings. The predicted octanol–water partition coefficient (Wildman–Crippen LogP) is 3.87. The Morgan fingerprint density at radius 1 is 1.13 bits per heavy atom. The highest BCUT2D eigenvalue weighted by atomic mass is 16.5. The molecule has 0 atom stereocenters. The van der Waals surface area contributed by atoms with Gasteiger partial charge in [-0.2, -0.15) is 0 Å². The van der Waals surface area contributed by atoms with Gasteiger partial charge in [-0.1, -0.05) is 26.8 Å². The van der Waals surface area contributed by atoms with E-state index in [-0.39, 0.29) is 5.41 Å². The Bertz CT molecular complexity index is 356. The van der Waals surface area contributed by atoms with Gasteiger partial charge in [-0.15, -0.1) is 0 Å². The molecule has 2 rings (SSSR count). The van der Waals surface area contributed by atoms with Crippen molar-refractivity contribution >= 4 is 0 Å². The van der Waals surface area contributed by atoms with Gasteiger partial charge in [-0.05, 0) is 47.4 Å². The van der Waals surface area contributed by atoms with E-state index in [0.29, 0.717) is 0 Å². The number of methoxy groups -OCH3 is 1. The van der Waals surface area contributed by atoms with Crippen molar-refractivity contribution in [1.82, 2.24) is 0 Å². The maximum Gasteiger partial charge on any atom is 0.119 e. The molecule has 0 N–H and O–H groups in total. The first-order chi connectivity index (χ1) is 7.00. The monoisotopic (exact) mass is 204 g/mol. The van der Waals surface area contributed by atoms with Gasteiger partial charge in [-0.25, -0.2) is 0 Å². The highest BCUT2D eigenvalue weighted by Gasteiger charge is 2.26. The minimum Gasteiger partial charge on any atom is -0.497 e.